The molecule has 6 nitrogen and oxygen atoms in total. The van der Waals surface area contributed by atoms with Crippen LogP contribution in [-0.2, 0) is 28.3 Å². The summed E-state index contributed by atoms with van der Waals surface area (Å²) in [7, 11) is -4.07. The van der Waals surface area contributed by atoms with Crippen LogP contribution in [0, 0.1) is 0 Å². The van der Waals surface area contributed by atoms with Crippen LogP contribution in [0.4, 0.5) is 0 Å². The summed E-state index contributed by atoms with van der Waals surface area (Å²) in [5.41, 5.74) is -1.22. The third kappa shape index (κ3) is 2.23. The molecule has 0 spiro atoms. The van der Waals surface area contributed by atoms with Crippen molar-refractivity contribution < 1.29 is 26.3 Å². The molecule has 0 saturated carbocycles. The van der Waals surface area contributed by atoms with Gasteiger partial charge in [0, 0.05) is 0 Å². The van der Waals surface area contributed by atoms with Crippen molar-refractivity contribution in [2.45, 2.75) is 32.5 Å². The molecule has 1 heterocycles. The van der Waals surface area contributed by atoms with E-state index in [2.05, 4.69) is 13.1 Å². The first kappa shape index (κ1) is 11.4. The lowest BCUT2D eigenvalue weighted by Gasteiger charge is -2.18. The van der Waals surface area contributed by atoms with Gasteiger partial charge in [-0.15, -0.1) is 0 Å². The Kier molecular flexibility index (Phi) is 2.84. The van der Waals surface area contributed by atoms with E-state index in [0.717, 1.165) is 0 Å². The van der Waals surface area contributed by atoms with Gasteiger partial charge in [-0.25, -0.2) is 13.2 Å². The molecule has 1 saturated heterocycles. The van der Waals surface area contributed by atoms with E-state index < -0.39 is 28.1 Å². The molecule has 0 radical (unpaired) electrons. The molecule has 0 aromatic rings. The van der Waals surface area contributed by atoms with Crippen molar-refractivity contribution in [1.29, 1.82) is 0 Å². The predicted octanol–water partition coefficient (Wildman–Crippen LogP) is -0.0117. The minimum atomic E-state index is -4.07. The Morgan fingerprint density at radius 1 is 1.50 bits per heavy atom. The lowest BCUT2D eigenvalue weighted by atomic mass is 10.0. The first-order chi connectivity index (χ1) is 6.28. The second-order valence-corrected chi connectivity index (χ2v) is 4.50. The van der Waals surface area contributed by atoms with Crippen molar-refractivity contribution >= 4 is 16.4 Å². The smallest absolute Gasteiger partial charge is 0.401 e. The van der Waals surface area contributed by atoms with Crippen molar-refractivity contribution in [1.82, 2.24) is 0 Å². The van der Waals surface area contributed by atoms with Crippen LogP contribution in [0.15, 0.2) is 0 Å². The van der Waals surface area contributed by atoms with E-state index in [1.807, 2.05) is 0 Å². The number of ether oxygens (including phenoxy) is 1. The number of esters is 1. The van der Waals surface area contributed by atoms with Crippen LogP contribution < -0.4 is 0 Å². The largest absolute Gasteiger partial charge is 0.464 e. The molecule has 1 aliphatic heterocycles. The number of carbonyl (C=O) groups is 1. The van der Waals surface area contributed by atoms with Crippen LogP contribution in [0.25, 0.3) is 0 Å². The summed E-state index contributed by atoms with van der Waals surface area (Å²) in [4.78, 5) is 11.3. The van der Waals surface area contributed by atoms with E-state index in [4.69, 9.17) is 0 Å². The molecule has 0 aromatic carbocycles. The third-order valence-electron chi connectivity index (χ3n) is 1.66. The molecule has 0 aromatic heterocycles. The summed E-state index contributed by atoms with van der Waals surface area (Å²) in [6.07, 6.45) is -1.23. The quantitative estimate of drug-likeness (QED) is 0.614. The molecule has 7 heteroatoms. The van der Waals surface area contributed by atoms with Gasteiger partial charge in [-0.2, -0.15) is 8.42 Å². The molecule has 82 valence electrons. The van der Waals surface area contributed by atoms with Gasteiger partial charge >= 0.3 is 16.4 Å². The normalized spacial score (nSPS) is 28.6. The van der Waals surface area contributed by atoms with Gasteiger partial charge < -0.3 is 4.74 Å². The first-order valence-corrected chi connectivity index (χ1v) is 5.42. The minimum Gasteiger partial charge on any atom is -0.464 e. The summed E-state index contributed by atoms with van der Waals surface area (Å²) in [6, 6.07) is 0. The maximum absolute atomic E-state index is 11.3. The van der Waals surface area contributed by atoms with Gasteiger partial charge in [0.05, 0.1) is 6.61 Å². The summed E-state index contributed by atoms with van der Waals surface area (Å²) in [5.74, 6) is -0.737. The predicted molar refractivity (Wildman–Crippen MR) is 45.6 cm³/mol. The fourth-order valence-electron chi connectivity index (χ4n) is 1.10. The number of hydrogen-bond donors (Lipinski definition) is 0. The highest BCUT2D eigenvalue weighted by molar-refractivity contribution is 7.82. The van der Waals surface area contributed by atoms with E-state index in [-0.39, 0.29) is 6.61 Å². The Labute approximate surface area is 82.5 Å². The Bertz CT molecular complexity index is 330. The molecule has 1 fully saturated rings. The lowest BCUT2D eigenvalue weighted by Crippen LogP contribution is -2.40. The van der Waals surface area contributed by atoms with Crippen molar-refractivity contribution in [3.63, 3.8) is 0 Å². The fraction of sp³-hybridized carbons (Fsp3) is 0.857. The number of hydrogen-bond acceptors (Lipinski definition) is 6. The molecule has 1 rings (SSSR count). The molecular formula is C7H12O6S. The molecule has 0 aliphatic carbocycles. The van der Waals surface area contributed by atoms with Crippen LogP contribution in [0.2, 0.25) is 0 Å². The Morgan fingerprint density at radius 2 is 2.07 bits per heavy atom. The van der Waals surface area contributed by atoms with Gasteiger partial charge in [0.15, 0.2) is 0 Å². The van der Waals surface area contributed by atoms with Gasteiger partial charge in [-0.05, 0) is 20.8 Å². The standard InChI is InChI=1S/C7H12O6S/c1-4-11-6(8)5-7(2,3)13-14(9,10)12-5/h5H,4H2,1-3H3. The van der Waals surface area contributed by atoms with E-state index in [9.17, 15) is 13.2 Å². The van der Waals surface area contributed by atoms with Crippen LogP contribution in [0.3, 0.4) is 0 Å². The zero-order chi connectivity index (χ0) is 11.0. The molecule has 0 N–H and O–H groups in total. The molecule has 1 atom stereocenters. The summed E-state index contributed by atoms with van der Waals surface area (Å²) >= 11 is 0. The van der Waals surface area contributed by atoms with Crippen LogP contribution in [0.1, 0.15) is 20.8 Å². The summed E-state index contributed by atoms with van der Waals surface area (Å²) < 4.78 is 35.5. The molecule has 0 amide bonds. The summed E-state index contributed by atoms with van der Waals surface area (Å²) in [5, 5.41) is 0. The second kappa shape index (κ2) is 3.48. The number of carbonyl (C=O) groups excluding carboxylic acids is 1. The zero-order valence-electron chi connectivity index (χ0n) is 8.14. The molecule has 14 heavy (non-hydrogen) atoms. The maximum Gasteiger partial charge on any atom is 0.401 e. The number of rotatable bonds is 2. The van der Waals surface area contributed by atoms with Gasteiger partial charge in [0.1, 0.15) is 5.60 Å². The van der Waals surface area contributed by atoms with E-state index >= 15 is 0 Å². The Morgan fingerprint density at radius 3 is 2.43 bits per heavy atom. The highest BCUT2D eigenvalue weighted by Crippen LogP contribution is 2.31. The second-order valence-electron chi connectivity index (χ2n) is 3.32. The van der Waals surface area contributed by atoms with Crippen molar-refractivity contribution in [3.8, 4) is 0 Å². The van der Waals surface area contributed by atoms with Gasteiger partial charge in [-0.3, -0.25) is 0 Å². The fourth-order valence-corrected chi connectivity index (χ4v) is 2.30. The van der Waals surface area contributed by atoms with E-state index in [1.54, 1.807) is 6.92 Å². The average Bonchev–Trinajstić information content (AvgIpc) is 2.19. The average molecular weight is 224 g/mol. The van der Waals surface area contributed by atoms with Crippen molar-refractivity contribution in [3.05, 3.63) is 0 Å². The SMILES string of the molecule is CCOC(=O)C1OS(=O)(=O)OC1(C)C. The highest BCUT2D eigenvalue weighted by Gasteiger charge is 2.51. The van der Waals surface area contributed by atoms with Gasteiger partial charge in [0.2, 0.25) is 6.10 Å². The molecule has 1 unspecified atom stereocenters. The molecule has 0 bridgehead atoms. The topological polar surface area (TPSA) is 78.9 Å². The Hall–Kier alpha value is -0.660. The van der Waals surface area contributed by atoms with E-state index in [1.165, 1.54) is 13.8 Å². The van der Waals surface area contributed by atoms with Crippen molar-refractivity contribution in [2.75, 3.05) is 6.61 Å². The molecular weight excluding hydrogens is 212 g/mol. The minimum absolute atomic E-state index is 0.162. The van der Waals surface area contributed by atoms with E-state index in [0.29, 0.717) is 0 Å². The molecule has 1 aliphatic rings. The first-order valence-electron chi connectivity index (χ1n) is 4.09. The van der Waals surface area contributed by atoms with Crippen LogP contribution in [0.5, 0.6) is 0 Å². The zero-order valence-corrected chi connectivity index (χ0v) is 8.96. The van der Waals surface area contributed by atoms with Gasteiger partial charge in [-0.1, -0.05) is 0 Å². The van der Waals surface area contributed by atoms with Crippen LogP contribution >= 0.6 is 0 Å². The Balaban J connectivity index is 2.85. The third-order valence-corrected chi connectivity index (χ3v) is 2.72. The lowest BCUT2D eigenvalue weighted by molar-refractivity contribution is -0.155. The highest BCUT2D eigenvalue weighted by atomic mass is 32.3. The monoisotopic (exact) mass is 224 g/mol. The van der Waals surface area contributed by atoms with Gasteiger partial charge in [0.25, 0.3) is 0 Å². The summed E-state index contributed by atoms with van der Waals surface area (Å²) in [6.45, 7) is 4.67. The maximum atomic E-state index is 11.3. The van der Waals surface area contributed by atoms with Crippen molar-refractivity contribution in [2.24, 2.45) is 0 Å². The van der Waals surface area contributed by atoms with Crippen LogP contribution in [-0.4, -0.2) is 32.7 Å².